The fraction of sp³-hybridized carbons (Fsp3) is 0.500. The molecule has 3 heterocycles. The molecule has 3 nitrogen and oxygen atoms in total. The van der Waals surface area contributed by atoms with Gasteiger partial charge >= 0.3 is 0 Å². The third-order valence-corrected chi connectivity index (χ3v) is 5.05. The lowest BCUT2D eigenvalue weighted by atomic mass is 9.89. The molecule has 2 aromatic rings. The van der Waals surface area contributed by atoms with Gasteiger partial charge in [-0.05, 0) is 49.8 Å². The maximum absolute atomic E-state index is 13.4. The van der Waals surface area contributed by atoms with Crippen LogP contribution in [-0.2, 0) is 4.74 Å². The van der Waals surface area contributed by atoms with Crippen LogP contribution in [0.5, 0.6) is 0 Å². The van der Waals surface area contributed by atoms with E-state index in [1.807, 2.05) is 12.1 Å². The van der Waals surface area contributed by atoms with E-state index in [-0.39, 0.29) is 5.82 Å². The van der Waals surface area contributed by atoms with Crippen molar-refractivity contribution in [2.75, 3.05) is 24.6 Å². The van der Waals surface area contributed by atoms with Gasteiger partial charge in [0.1, 0.15) is 5.82 Å². The molecule has 116 valence electrons. The highest BCUT2D eigenvalue weighted by molar-refractivity contribution is 5.91. The predicted octanol–water partition coefficient (Wildman–Crippen LogP) is 3.77. The van der Waals surface area contributed by atoms with E-state index in [4.69, 9.17) is 4.74 Å². The van der Waals surface area contributed by atoms with Gasteiger partial charge in [0.15, 0.2) is 0 Å². The monoisotopic (exact) mass is 300 g/mol. The molecule has 0 aliphatic carbocycles. The highest BCUT2D eigenvalue weighted by atomic mass is 19.1. The minimum Gasteiger partial charge on any atom is -0.378 e. The summed E-state index contributed by atoms with van der Waals surface area (Å²) in [4.78, 5) is 6.70. The van der Waals surface area contributed by atoms with E-state index in [0.717, 1.165) is 30.6 Å². The number of rotatable bonds is 2. The Kier molecular flexibility index (Phi) is 3.70. The van der Waals surface area contributed by atoms with Gasteiger partial charge in [-0.3, -0.25) is 4.98 Å². The molecule has 4 heteroatoms. The van der Waals surface area contributed by atoms with Gasteiger partial charge in [0.2, 0.25) is 0 Å². The normalized spacial score (nSPS) is 23.3. The zero-order valence-corrected chi connectivity index (χ0v) is 12.7. The molecular weight excluding hydrogens is 279 g/mol. The van der Waals surface area contributed by atoms with Crippen LogP contribution in [-0.4, -0.2) is 30.8 Å². The molecule has 0 spiro atoms. The van der Waals surface area contributed by atoms with Crippen molar-refractivity contribution in [2.45, 2.75) is 31.8 Å². The summed E-state index contributed by atoms with van der Waals surface area (Å²) >= 11 is 0. The average molecular weight is 300 g/mol. The third-order valence-electron chi connectivity index (χ3n) is 5.05. The van der Waals surface area contributed by atoms with Gasteiger partial charge in [0.05, 0.1) is 11.6 Å². The highest BCUT2D eigenvalue weighted by Gasteiger charge is 2.29. The molecule has 1 aromatic heterocycles. The molecule has 0 bridgehead atoms. The lowest BCUT2D eigenvalue weighted by Crippen LogP contribution is -2.37. The van der Waals surface area contributed by atoms with Crippen LogP contribution in [0.25, 0.3) is 10.9 Å². The second kappa shape index (κ2) is 5.84. The van der Waals surface area contributed by atoms with E-state index in [9.17, 15) is 4.39 Å². The second-order valence-electron chi connectivity index (χ2n) is 6.37. The number of halogens is 1. The summed E-state index contributed by atoms with van der Waals surface area (Å²) in [5, 5.41) is 1.04. The number of aromatic nitrogens is 1. The lowest BCUT2D eigenvalue weighted by molar-refractivity contribution is 0.0532. The number of fused-ring (bicyclic) bond motifs is 1. The Morgan fingerprint density at radius 3 is 2.77 bits per heavy atom. The first-order valence-corrected chi connectivity index (χ1v) is 8.22. The van der Waals surface area contributed by atoms with E-state index < -0.39 is 0 Å². The van der Waals surface area contributed by atoms with Crippen molar-refractivity contribution in [3.05, 3.63) is 36.3 Å². The van der Waals surface area contributed by atoms with Crippen molar-refractivity contribution in [1.29, 1.82) is 0 Å². The number of anilines is 1. The Labute approximate surface area is 130 Å². The van der Waals surface area contributed by atoms with E-state index in [2.05, 4.69) is 9.88 Å². The van der Waals surface area contributed by atoms with Crippen LogP contribution in [0.1, 0.15) is 25.7 Å². The fourth-order valence-electron chi connectivity index (χ4n) is 3.87. The first-order valence-electron chi connectivity index (χ1n) is 8.22. The minimum atomic E-state index is -0.228. The van der Waals surface area contributed by atoms with Gasteiger partial charge in [-0.2, -0.15) is 0 Å². The van der Waals surface area contributed by atoms with Crippen LogP contribution in [0.3, 0.4) is 0 Å². The van der Waals surface area contributed by atoms with Crippen LogP contribution >= 0.6 is 0 Å². The molecule has 2 fully saturated rings. The fourth-order valence-corrected chi connectivity index (χ4v) is 3.87. The molecule has 4 rings (SSSR count). The van der Waals surface area contributed by atoms with Crippen LogP contribution in [0, 0.1) is 11.7 Å². The zero-order valence-electron chi connectivity index (χ0n) is 12.7. The number of hydrogen-bond acceptors (Lipinski definition) is 3. The molecule has 22 heavy (non-hydrogen) atoms. The molecule has 1 atom stereocenters. The van der Waals surface area contributed by atoms with Gasteiger partial charge in [-0.15, -0.1) is 0 Å². The van der Waals surface area contributed by atoms with E-state index in [1.54, 1.807) is 6.20 Å². The topological polar surface area (TPSA) is 25.4 Å². The SMILES string of the molecule is Fc1ccc2c(N3CCC(C4CCCO4)CC3)ccnc2c1. The minimum absolute atomic E-state index is 0.228. The number of hydrogen-bond donors (Lipinski definition) is 0. The number of ether oxygens (including phenoxy) is 1. The Bertz CT molecular complexity index is 661. The van der Waals surface area contributed by atoms with Gasteiger partial charge in [-0.25, -0.2) is 4.39 Å². The molecule has 1 unspecified atom stereocenters. The van der Waals surface area contributed by atoms with Crippen LogP contribution in [0.4, 0.5) is 10.1 Å². The van der Waals surface area contributed by atoms with E-state index in [1.165, 1.54) is 43.5 Å². The molecule has 2 aliphatic rings. The number of piperidine rings is 1. The summed E-state index contributed by atoms with van der Waals surface area (Å²) < 4.78 is 19.2. The first-order chi connectivity index (χ1) is 10.8. The van der Waals surface area contributed by atoms with Crippen molar-refractivity contribution < 1.29 is 9.13 Å². The zero-order chi connectivity index (χ0) is 14.9. The summed E-state index contributed by atoms with van der Waals surface area (Å²) in [6.45, 7) is 3.02. The first kappa shape index (κ1) is 13.9. The summed E-state index contributed by atoms with van der Waals surface area (Å²) in [5.41, 5.74) is 1.91. The van der Waals surface area contributed by atoms with Crippen LogP contribution in [0.2, 0.25) is 0 Å². The summed E-state index contributed by atoms with van der Waals surface area (Å²) in [6, 6.07) is 6.93. The quantitative estimate of drug-likeness (QED) is 0.844. The molecule has 2 aliphatic heterocycles. The van der Waals surface area contributed by atoms with E-state index >= 15 is 0 Å². The molecular formula is C18H21FN2O. The van der Waals surface area contributed by atoms with Crippen molar-refractivity contribution in [3.63, 3.8) is 0 Å². The third kappa shape index (κ3) is 2.56. The predicted molar refractivity (Wildman–Crippen MR) is 85.6 cm³/mol. The smallest absolute Gasteiger partial charge is 0.125 e. The van der Waals surface area contributed by atoms with Crippen molar-refractivity contribution in [2.24, 2.45) is 5.92 Å². The molecule has 0 amide bonds. The van der Waals surface area contributed by atoms with Gasteiger partial charge in [0, 0.05) is 43.0 Å². The van der Waals surface area contributed by atoms with Gasteiger partial charge in [0.25, 0.3) is 0 Å². The number of benzene rings is 1. The van der Waals surface area contributed by atoms with Gasteiger partial charge < -0.3 is 9.64 Å². The molecule has 0 N–H and O–H groups in total. The van der Waals surface area contributed by atoms with Crippen molar-refractivity contribution in [1.82, 2.24) is 4.98 Å². The van der Waals surface area contributed by atoms with E-state index in [0.29, 0.717) is 12.0 Å². The molecule has 1 aromatic carbocycles. The van der Waals surface area contributed by atoms with Crippen molar-refractivity contribution >= 4 is 16.6 Å². The summed E-state index contributed by atoms with van der Waals surface area (Å²) in [6.07, 6.45) is 7.05. The molecule has 2 saturated heterocycles. The lowest BCUT2D eigenvalue weighted by Gasteiger charge is -2.36. The number of pyridine rings is 1. The average Bonchev–Trinajstić information content (AvgIpc) is 3.09. The largest absolute Gasteiger partial charge is 0.378 e. The molecule has 0 saturated carbocycles. The molecule has 0 radical (unpaired) electrons. The van der Waals surface area contributed by atoms with Crippen molar-refractivity contribution in [3.8, 4) is 0 Å². The Morgan fingerprint density at radius 2 is 2.00 bits per heavy atom. The Balaban J connectivity index is 1.53. The van der Waals surface area contributed by atoms with Crippen LogP contribution in [0.15, 0.2) is 30.5 Å². The Morgan fingerprint density at radius 1 is 1.14 bits per heavy atom. The van der Waals surface area contributed by atoms with Crippen LogP contribution < -0.4 is 4.90 Å². The summed E-state index contributed by atoms with van der Waals surface area (Å²) in [5.74, 6) is 0.471. The van der Waals surface area contributed by atoms with Gasteiger partial charge in [-0.1, -0.05) is 0 Å². The second-order valence-corrected chi connectivity index (χ2v) is 6.37. The number of nitrogens with zero attached hydrogens (tertiary/aromatic N) is 2. The maximum Gasteiger partial charge on any atom is 0.125 e. The Hall–Kier alpha value is -1.68. The standard InChI is InChI=1S/C18H21FN2O/c19-14-3-4-15-16(12-14)20-8-5-17(15)21-9-6-13(7-10-21)18-2-1-11-22-18/h3-5,8,12-13,18H,1-2,6-7,9-11H2. The summed E-state index contributed by atoms with van der Waals surface area (Å²) in [7, 11) is 0. The highest BCUT2D eigenvalue weighted by Crippen LogP contribution is 2.33. The maximum atomic E-state index is 13.4.